The quantitative estimate of drug-likeness (QED) is 0.905. The van der Waals surface area contributed by atoms with E-state index in [0.29, 0.717) is 12.2 Å². The van der Waals surface area contributed by atoms with E-state index in [0.717, 1.165) is 22.7 Å². The zero-order valence-electron chi connectivity index (χ0n) is 10.1. The molecule has 0 aliphatic carbocycles. The zero-order chi connectivity index (χ0) is 12.5. The zero-order valence-corrected chi connectivity index (χ0v) is 11.8. The minimum absolute atomic E-state index is 0.202. The number of sulfone groups is 1. The van der Waals surface area contributed by atoms with Crippen molar-refractivity contribution in [2.45, 2.75) is 37.5 Å². The van der Waals surface area contributed by atoms with Gasteiger partial charge in [0.25, 0.3) is 0 Å². The molecule has 0 spiro atoms. The maximum Gasteiger partial charge on any atom is 0.153 e. The van der Waals surface area contributed by atoms with Crippen LogP contribution >= 0.6 is 11.3 Å². The van der Waals surface area contributed by atoms with Crippen molar-refractivity contribution in [1.82, 2.24) is 10.3 Å². The maximum absolute atomic E-state index is 11.7. The molecule has 17 heavy (non-hydrogen) atoms. The number of hydrogen-bond acceptors (Lipinski definition) is 5. The van der Waals surface area contributed by atoms with Crippen molar-refractivity contribution < 1.29 is 8.42 Å². The summed E-state index contributed by atoms with van der Waals surface area (Å²) in [7, 11) is -0.943. The Kier molecular flexibility index (Phi) is 3.85. The van der Waals surface area contributed by atoms with Crippen LogP contribution in [0, 0.1) is 0 Å². The Balaban J connectivity index is 2.07. The van der Waals surface area contributed by atoms with Crippen LogP contribution in [0.1, 0.15) is 35.7 Å². The lowest BCUT2D eigenvalue weighted by Gasteiger charge is -2.07. The van der Waals surface area contributed by atoms with Crippen LogP contribution < -0.4 is 5.32 Å². The summed E-state index contributed by atoms with van der Waals surface area (Å²) in [4.78, 5) is 5.49. The summed E-state index contributed by atoms with van der Waals surface area (Å²) >= 11 is 1.62. The molecule has 2 heterocycles. The summed E-state index contributed by atoms with van der Waals surface area (Å²) < 4.78 is 23.5. The molecule has 0 amide bonds. The predicted octanol–water partition coefficient (Wildman–Crippen LogP) is 1.54. The van der Waals surface area contributed by atoms with Gasteiger partial charge in [-0.1, -0.05) is 0 Å². The van der Waals surface area contributed by atoms with Gasteiger partial charge in [0.1, 0.15) is 0 Å². The molecule has 2 rings (SSSR count). The van der Waals surface area contributed by atoms with Gasteiger partial charge in [-0.25, -0.2) is 13.4 Å². The van der Waals surface area contributed by atoms with Crippen LogP contribution in [0.25, 0.3) is 0 Å². The van der Waals surface area contributed by atoms with Crippen molar-refractivity contribution in [3.8, 4) is 0 Å². The van der Waals surface area contributed by atoms with Gasteiger partial charge in [-0.05, 0) is 26.8 Å². The van der Waals surface area contributed by atoms with Crippen molar-refractivity contribution in [3.05, 3.63) is 16.1 Å². The molecule has 1 aromatic rings. The van der Waals surface area contributed by atoms with Crippen LogP contribution in [0.4, 0.5) is 0 Å². The summed E-state index contributed by atoms with van der Waals surface area (Å²) in [5, 5.41) is 3.90. The molecule has 1 aliphatic heterocycles. The maximum atomic E-state index is 11.7. The lowest BCUT2D eigenvalue weighted by molar-refractivity contribution is 0.588. The van der Waals surface area contributed by atoms with E-state index in [2.05, 4.69) is 17.2 Å². The minimum atomic E-state index is -2.85. The molecule has 2 atom stereocenters. The summed E-state index contributed by atoms with van der Waals surface area (Å²) in [5.74, 6) is 0.350. The first-order chi connectivity index (χ1) is 8.03. The molecule has 1 fully saturated rings. The van der Waals surface area contributed by atoms with Crippen LogP contribution in [0.3, 0.4) is 0 Å². The Labute approximate surface area is 106 Å². The topological polar surface area (TPSA) is 59.1 Å². The third kappa shape index (κ3) is 2.86. The fraction of sp³-hybridized carbons (Fsp3) is 0.727. The highest BCUT2D eigenvalue weighted by Crippen LogP contribution is 2.27. The predicted molar refractivity (Wildman–Crippen MR) is 70.1 cm³/mol. The molecule has 0 saturated carbocycles. The second kappa shape index (κ2) is 5.04. The smallest absolute Gasteiger partial charge is 0.153 e. The number of aromatic nitrogens is 1. The van der Waals surface area contributed by atoms with Crippen LogP contribution in [-0.2, 0) is 16.3 Å². The molecule has 6 heteroatoms. The van der Waals surface area contributed by atoms with Gasteiger partial charge in [-0.3, -0.25) is 0 Å². The standard InChI is InChI=1S/C11H18N2O2S2/c1-8(12-2)10-7-13-11(16-10)6-9-4-3-5-17(9,14)15/h7-9,12H,3-6H2,1-2H3. The van der Waals surface area contributed by atoms with E-state index in [1.54, 1.807) is 11.3 Å². The Morgan fingerprint density at radius 2 is 2.41 bits per heavy atom. The Bertz CT molecular complexity index is 481. The van der Waals surface area contributed by atoms with Crippen LogP contribution in [0.15, 0.2) is 6.20 Å². The third-order valence-corrected chi connectivity index (χ3v) is 6.77. The van der Waals surface area contributed by atoms with E-state index >= 15 is 0 Å². The molecule has 2 unspecified atom stereocenters. The number of thiazole rings is 1. The van der Waals surface area contributed by atoms with Gasteiger partial charge in [0.05, 0.1) is 16.0 Å². The van der Waals surface area contributed by atoms with Crippen molar-refractivity contribution >= 4 is 21.2 Å². The van der Waals surface area contributed by atoms with Crippen molar-refractivity contribution in [1.29, 1.82) is 0 Å². The largest absolute Gasteiger partial charge is 0.312 e. The summed E-state index contributed by atoms with van der Waals surface area (Å²) in [6.07, 6.45) is 4.03. The van der Waals surface area contributed by atoms with Gasteiger partial charge >= 0.3 is 0 Å². The molecule has 1 N–H and O–H groups in total. The number of rotatable bonds is 4. The van der Waals surface area contributed by atoms with Crippen molar-refractivity contribution in [3.63, 3.8) is 0 Å². The van der Waals surface area contributed by atoms with Crippen molar-refractivity contribution in [2.75, 3.05) is 12.8 Å². The highest BCUT2D eigenvalue weighted by atomic mass is 32.2. The van der Waals surface area contributed by atoms with E-state index < -0.39 is 9.84 Å². The molecule has 1 aromatic heterocycles. The van der Waals surface area contributed by atoms with Gasteiger partial charge < -0.3 is 5.32 Å². The second-order valence-electron chi connectivity index (χ2n) is 4.50. The highest BCUT2D eigenvalue weighted by Gasteiger charge is 2.32. The Morgan fingerprint density at radius 3 is 3.00 bits per heavy atom. The normalized spacial score (nSPS) is 24.9. The number of hydrogen-bond donors (Lipinski definition) is 1. The van der Waals surface area contributed by atoms with E-state index in [9.17, 15) is 8.42 Å². The molecular formula is C11H18N2O2S2. The van der Waals surface area contributed by atoms with Gasteiger partial charge in [0, 0.05) is 23.5 Å². The second-order valence-corrected chi connectivity index (χ2v) is 8.05. The van der Waals surface area contributed by atoms with Crippen LogP contribution in [0.2, 0.25) is 0 Å². The number of nitrogens with one attached hydrogen (secondary N) is 1. The van der Waals surface area contributed by atoms with E-state index in [-0.39, 0.29) is 11.3 Å². The van der Waals surface area contributed by atoms with Crippen LogP contribution in [0.5, 0.6) is 0 Å². The van der Waals surface area contributed by atoms with Gasteiger partial charge in [-0.2, -0.15) is 0 Å². The minimum Gasteiger partial charge on any atom is -0.312 e. The van der Waals surface area contributed by atoms with E-state index in [1.807, 2.05) is 13.2 Å². The monoisotopic (exact) mass is 274 g/mol. The van der Waals surface area contributed by atoms with Gasteiger partial charge in [0.2, 0.25) is 0 Å². The molecule has 0 aromatic carbocycles. The fourth-order valence-corrected chi connectivity index (χ4v) is 5.05. The lowest BCUT2D eigenvalue weighted by Crippen LogP contribution is -2.18. The Morgan fingerprint density at radius 1 is 1.65 bits per heavy atom. The summed E-state index contributed by atoms with van der Waals surface area (Å²) in [6, 6.07) is 0.279. The molecule has 1 saturated heterocycles. The molecule has 0 radical (unpaired) electrons. The first-order valence-electron chi connectivity index (χ1n) is 5.86. The highest BCUT2D eigenvalue weighted by molar-refractivity contribution is 7.92. The average molecular weight is 274 g/mol. The number of nitrogens with zero attached hydrogens (tertiary/aromatic N) is 1. The van der Waals surface area contributed by atoms with E-state index in [1.165, 1.54) is 0 Å². The SMILES string of the molecule is CNC(C)c1cnc(CC2CCCS2(=O)=O)s1. The first kappa shape index (κ1) is 13.0. The Hall–Kier alpha value is -0.460. The van der Waals surface area contributed by atoms with Crippen molar-refractivity contribution in [2.24, 2.45) is 0 Å². The lowest BCUT2D eigenvalue weighted by atomic mass is 10.2. The first-order valence-corrected chi connectivity index (χ1v) is 8.39. The molecular weight excluding hydrogens is 256 g/mol. The fourth-order valence-electron chi connectivity index (χ4n) is 2.04. The summed E-state index contributed by atoms with van der Waals surface area (Å²) in [5.41, 5.74) is 0. The molecule has 4 nitrogen and oxygen atoms in total. The summed E-state index contributed by atoms with van der Waals surface area (Å²) in [6.45, 7) is 2.07. The molecule has 0 bridgehead atoms. The van der Waals surface area contributed by atoms with E-state index in [4.69, 9.17) is 0 Å². The molecule has 1 aliphatic rings. The van der Waals surface area contributed by atoms with Gasteiger partial charge in [0.15, 0.2) is 9.84 Å². The van der Waals surface area contributed by atoms with Crippen LogP contribution in [-0.4, -0.2) is 31.5 Å². The van der Waals surface area contributed by atoms with Gasteiger partial charge in [-0.15, -0.1) is 11.3 Å². The molecule has 96 valence electrons. The average Bonchev–Trinajstić information content (AvgIpc) is 2.86. The third-order valence-electron chi connectivity index (χ3n) is 3.30.